The Balaban J connectivity index is 1.72. The monoisotopic (exact) mass is 415 g/mol. The molecule has 2 fully saturated rings. The molecule has 0 N–H and O–H groups in total. The minimum Gasteiger partial charge on any atom is -0.493 e. The maximum atomic E-state index is 13.2. The number of nitrogens with zero attached hydrogens (tertiary/aromatic N) is 3. The van der Waals surface area contributed by atoms with E-state index < -0.39 is 0 Å². The zero-order chi connectivity index (χ0) is 21.6. The van der Waals surface area contributed by atoms with E-state index in [9.17, 15) is 9.59 Å². The normalized spacial score (nSPS) is 22.9. The number of hydrogen-bond donors (Lipinski definition) is 0. The second-order valence-electron chi connectivity index (χ2n) is 9.48. The minimum absolute atomic E-state index is 0.193. The zero-order valence-corrected chi connectivity index (χ0v) is 18.8. The number of benzene rings is 1. The van der Waals surface area contributed by atoms with Crippen LogP contribution in [0.5, 0.6) is 5.75 Å². The van der Waals surface area contributed by atoms with Gasteiger partial charge in [-0.1, -0.05) is 32.0 Å². The highest BCUT2D eigenvalue weighted by molar-refractivity contribution is 5.78. The summed E-state index contributed by atoms with van der Waals surface area (Å²) in [5, 5.41) is 0. The van der Waals surface area contributed by atoms with E-state index in [0.717, 1.165) is 51.3 Å². The molecular formula is C24H37N3O3. The van der Waals surface area contributed by atoms with Crippen molar-refractivity contribution in [2.45, 2.75) is 39.5 Å². The van der Waals surface area contributed by atoms with E-state index in [1.54, 1.807) is 0 Å². The van der Waals surface area contributed by atoms with Crippen molar-refractivity contribution in [3.05, 3.63) is 30.3 Å². The number of likely N-dealkylation sites (N-methyl/N-ethyl adjacent to an activating group) is 1. The van der Waals surface area contributed by atoms with Crippen LogP contribution >= 0.6 is 0 Å². The highest BCUT2D eigenvalue weighted by Gasteiger charge is 2.41. The molecule has 6 heteroatoms. The first-order valence-corrected chi connectivity index (χ1v) is 11.3. The molecule has 1 aromatic rings. The molecule has 0 saturated carbocycles. The van der Waals surface area contributed by atoms with Crippen molar-refractivity contribution in [2.24, 2.45) is 11.3 Å². The maximum Gasteiger partial charge on any atom is 0.223 e. The molecular weight excluding hydrogens is 378 g/mol. The number of para-hydroxylation sites is 1. The highest BCUT2D eigenvalue weighted by atomic mass is 16.5. The van der Waals surface area contributed by atoms with Crippen LogP contribution in [0.3, 0.4) is 0 Å². The van der Waals surface area contributed by atoms with Crippen LogP contribution in [0, 0.1) is 11.3 Å². The molecule has 0 aromatic heterocycles. The second-order valence-corrected chi connectivity index (χ2v) is 9.48. The van der Waals surface area contributed by atoms with Gasteiger partial charge >= 0.3 is 0 Å². The van der Waals surface area contributed by atoms with E-state index in [4.69, 9.17) is 4.74 Å². The molecule has 3 rings (SSSR count). The lowest BCUT2D eigenvalue weighted by Gasteiger charge is -2.44. The molecule has 6 nitrogen and oxygen atoms in total. The number of ether oxygens (including phenoxy) is 1. The number of hydrogen-bond acceptors (Lipinski definition) is 4. The summed E-state index contributed by atoms with van der Waals surface area (Å²) in [6.07, 6.45) is 2.82. The van der Waals surface area contributed by atoms with Crippen LogP contribution < -0.4 is 4.74 Å². The molecule has 30 heavy (non-hydrogen) atoms. The van der Waals surface area contributed by atoms with Gasteiger partial charge in [-0.15, -0.1) is 0 Å². The van der Waals surface area contributed by atoms with Crippen LogP contribution in [0.1, 0.15) is 39.5 Å². The van der Waals surface area contributed by atoms with Crippen LogP contribution in [0.25, 0.3) is 0 Å². The zero-order valence-electron chi connectivity index (χ0n) is 18.8. The largest absolute Gasteiger partial charge is 0.493 e. The SMILES string of the molecule is CC(C)CC(=O)N1CCC[C@](COc2ccccc2)(CC(=O)N2CCN(C)CC2)C1. The molecule has 2 aliphatic rings. The molecule has 1 atom stereocenters. The Morgan fingerprint density at radius 2 is 1.70 bits per heavy atom. The first-order valence-electron chi connectivity index (χ1n) is 11.3. The van der Waals surface area contributed by atoms with Gasteiger partial charge in [-0.05, 0) is 37.9 Å². The van der Waals surface area contributed by atoms with Crippen molar-refractivity contribution in [2.75, 3.05) is 52.9 Å². The van der Waals surface area contributed by atoms with Crippen molar-refractivity contribution in [1.82, 2.24) is 14.7 Å². The standard InChI is InChI=1S/C24H37N3O3/c1-20(2)16-22(28)27-11-7-10-24(18-27,19-30-21-8-5-4-6-9-21)17-23(29)26-14-12-25(3)13-15-26/h4-6,8-9,20H,7,10-19H2,1-3H3/t24-/m0/s1. The Bertz CT molecular complexity index is 701. The Morgan fingerprint density at radius 3 is 2.37 bits per heavy atom. The van der Waals surface area contributed by atoms with Crippen LogP contribution in [-0.2, 0) is 9.59 Å². The van der Waals surface area contributed by atoms with Crippen molar-refractivity contribution in [3.8, 4) is 5.75 Å². The molecule has 0 spiro atoms. The van der Waals surface area contributed by atoms with Crippen LogP contribution in [-0.4, -0.2) is 79.4 Å². The fourth-order valence-electron chi connectivity index (χ4n) is 4.45. The van der Waals surface area contributed by atoms with Gasteiger partial charge in [0.2, 0.25) is 11.8 Å². The van der Waals surface area contributed by atoms with Crippen LogP contribution in [0.2, 0.25) is 0 Å². The molecule has 0 aliphatic carbocycles. The third-order valence-corrected chi connectivity index (χ3v) is 6.27. The lowest BCUT2D eigenvalue weighted by Crippen LogP contribution is -2.53. The van der Waals surface area contributed by atoms with Crippen molar-refractivity contribution < 1.29 is 14.3 Å². The van der Waals surface area contributed by atoms with E-state index in [1.807, 2.05) is 40.1 Å². The van der Waals surface area contributed by atoms with Crippen molar-refractivity contribution in [3.63, 3.8) is 0 Å². The second kappa shape index (κ2) is 10.3. The number of carbonyl (C=O) groups excluding carboxylic acids is 2. The molecule has 0 bridgehead atoms. The predicted octanol–water partition coefficient (Wildman–Crippen LogP) is 2.88. The lowest BCUT2D eigenvalue weighted by molar-refractivity contribution is -0.142. The summed E-state index contributed by atoms with van der Waals surface area (Å²) in [6, 6.07) is 9.76. The number of piperidine rings is 1. The lowest BCUT2D eigenvalue weighted by atomic mass is 9.77. The summed E-state index contributed by atoms with van der Waals surface area (Å²) in [5.41, 5.74) is -0.332. The van der Waals surface area contributed by atoms with E-state index in [2.05, 4.69) is 25.8 Å². The number of piperazine rings is 1. The summed E-state index contributed by atoms with van der Waals surface area (Å²) in [4.78, 5) is 32.2. The number of rotatable bonds is 7. The summed E-state index contributed by atoms with van der Waals surface area (Å²) in [7, 11) is 2.09. The predicted molar refractivity (Wildman–Crippen MR) is 118 cm³/mol. The van der Waals surface area contributed by atoms with Gasteiger partial charge in [0.15, 0.2) is 0 Å². The van der Waals surface area contributed by atoms with Gasteiger partial charge in [-0.2, -0.15) is 0 Å². The quantitative estimate of drug-likeness (QED) is 0.687. The number of likely N-dealkylation sites (tertiary alicyclic amines) is 1. The van der Waals surface area contributed by atoms with Gasteiger partial charge in [-0.3, -0.25) is 9.59 Å². The van der Waals surface area contributed by atoms with Gasteiger partial charge < -0.3 is 19.4 Å². The summed E-state index contributed by atoms with van der Waals surface area (Å²) in [6.45, 7) is 9.38. The topological polar surface area (TPSA) is 53.1 Å². The summed E-state index contributed by atoms with van der Waals surface area (Å²) in [5.74, 6) is 1.54. The molecule has 166 valence electrons. The molecule has 0 radical (unpaired) electrons. The fraction of sp³-hybridized carbons (Fsp3) is 0.667. The number of carbonyl (C=O) groups is 2. The minimum atomic E-state index is -0.332. The van der Waals surface area contributed by atoms with Gasteiger partial charge in [0.25, 0.3) is 0 Å². The third kappa shape index (κ3) is 6.21. The highest BCUT2D eigenvalue weighted by Crippen LogP contribution is 2.36. The van der Waals surface area contributed by atoms with E-state index >= 15 is 0 Å². The van der Waals surface area contributed by atoms with Crippen molar-refractivity contribution >= 4 is 11.8 Å². The van der Waals surface area contributed by atoms with Gasteiger partial charge in [-0.25, -0.2) is 0 Å². The molecule has 1 aromatic carbocycles. The van der Waals surface area contributed by atoms with E-state index in [0.29, 0.717) is 31.9 Å². The molecule has 2 amide bonds. The molecule has 2 heterocycles. The summed E-state index contributed by atoms with van der Waals surface area (Å²) >= 11 is 0. The van der Waals surface area contributed by atoms with Crippen molar-refractivity contribution in [1.29, 1.82) is 0 Å². The van der Waals surface area contributed by atoms with Crippen LogP contribution in [0.4, 0.5) is 0 Å². The van der Waals surface area contributed by atoms with Crippen LogP contribution in [0.15, 0.2) is 30.3 Å². The fourth-order valence-corrected chi connectivity index (χ4v) is 4.45. The Kier molecular flexibility index (Phi) is 7.75. The number of amides is 2. The summed E-state index contributed by atoms with van der Waals surface area (Å²) < 4.78 is 6.15. The molecule has 0 unspecified atom stereocenters. The van der Waals surface area contributed by atoms with E-state index in [-0.39, 0.29) is 17.2 Å². The van der Waals surface area contributed by atoms with Gasteiger partial charge in [0, 0.05) is 57.5 Å². The third-order valence-electron chi connectivity index (χ3n) is 6.27. The Hall–Kier alpha value is -2.08. The first kappa shape index (κ1) is 22.6. The average Bonchev–Trinajstić information content (AvgIpc) is 2.73. The Labute approximate surface area is 181 Å². The van der Waals surface area contributed by atoms with Gasteiger partial charge in [0.05, 0.1) is 6.61 Å². The van der Waals surface area contributed by atoms with Gasteiger partial charge in [0.1, 0.15) is 5.75 Å². The Morgan fingerprint density at radius 1 is 1.00 bits per heavy atom. The maximum absolute atomic E-state index is 13.2. The first-order chi connectivity index (χ1) is 14.4. The molecule has 2 saturated heterocycles. The smallest absolute Gasteiger partial charge is 0.223 e. The molecule has 2 aliphatic heterocycles. The van der Waals surface area contributed by atoms with E-state index in [1.165, 1.54) is 0 Å². The average molecular weight is 416 g/mol.